The fraction of sp³-hybridized carbons (Fsp3) is 0.294. The number of aryl methyl sites for hydroxylation is 1. The number of halogens is 1. The molecule has 0 aliphatic carbocycles. The number of nitrogens with one attached hydrogen (secondary N) is 1. The largest absolute Gasteiger partial charge is 0.464 e. The molecule has 3 aromatic rings. The van der Waals surface area contributed by atoms with E-state index in [-0.39, 0.29) is 24.9 Å². The third-order valence-electron chi connectivity index (χ3n) is 3.57. The van der Waals surface area contributed by atoms with E-state index in [0.29, 0.717) is 23.4 Å². The van der Waals surface area contributed by atoms with Crippen LogP contribution >= 0.6 is 0 Å². The van der Waals surface area contributed by atoms with Crippen LogP contribution in [0.2, 0.25) is 0 Å². The molecule has 24 heavy (non-hydrogen) atoms. The Labute approximate surface area is 138 Å². The highest BCUT2D eigenvalue weighted by Gasteiger charge is 2.12. The molecule has 1 amide bonds. The lowest BCUT2D eigenvalue weighted by Crippen LogP contribution is -2.29. The number of aromatic nitrogens is 2. The molecule has 2 heterocycles. The van der Waals surface area contributed by atoms with Crippen LogP contribution in [0.3, 0.4) is 0 Å². The number of hydrogen-bond donors (Lipinski definition) is 1. The number of rotatable bonds is 6. The molecule has 0 radical (unpaired) electrons. The van der Waals surface area contributed by atoms with E-state index in [4.69, 9.17) is 9.15 Å². The summed E-state index contributed by atoms with van der Waals surface area (Å²) in [5.74, 6) is 1.59. The van der Waals surface area contributed by atoms with Crippen molar-refractivity contribution in [3.05, 3.63) is 53.5 Å². The third kappa shape index (κ3) is 3.80. The molecule has 0 spiro atoms. The summed E-state index contributed by atoms with van der Waals surface area (Å²) in [6.07, 6.45) is 0. The van der Waals surface area contributed by atoms with Crippen LogP contribution in [-0.2, 0) is 22.7 Å². The van der Waals surface area contributed by atoms with Crippen molar-refractivity contribution in [1.82, 2.24) is 14.9 Å². The standard InChI is InChI=1S/C17H18FN3O3/c1-11-3-5-13(24-11)8-21(2)17(22)10-23-9-16-19-14-6-4-12(18)7-15(14)20-16/h3-7H,8-10H2,1-2H3,(H,19,20). The lowest BCUT2D eigenvalue weighted by atomic mass is 10.3. The van der Waals surface area contributed by atoms with Gasteiger partial charge in [-0.3, -0.25) is 4.79 Å². The Kier molecular flexibility index (Phi) is 4.61. The second-order valence-electron chi connectivity index (χ2n) is 5.60. The summed E-state index contributed by atoms with van der Waals surface area (Å²) in [6.45, 7) is 2.32. The predicted octanol–water partition coefficient (Wildman–Crippen LogP) is 2.78. The molecule has 0 fully saturated rings. The molecular weight excluding hydrogens is 313 g/mol. The third-order valence-corrected chi connectivity index (χ3v) is 3.57. The quantitative estimate of drug-likeness (QED) is 0.754. The fourth-order valence-electron chi connectivity index (χ4n) is 2.34. The van der Waals surface area contributed by atoms with Crippen LogP contribution in [0.1, 0.15) is 17.3 Å². The molecule has 3 rings (SSSR count). The van der Waals surface area contributed by atoms with Gasteiger partial charge in [-0.15, -0.1) is 0 Å². The molecule has 0 saturated heterocycles. The molecule has 1 N–H and O–H groups in total. The van der Waals surface area contributed by atoms with Gasteiger partial charge in [0.15, 0.2) is 0 Å². The highest BCUT2D eigenvalue weighted by molar-refractivity contribution is 5.77. The maximum atomic E-state index is 13.1. The molecule has 0 aliphatic heterocycles. The summed E-state index contributed by atoms with van der Waals surface area (Å²) in [7, 11) is 1.69. The average Bonchev–Trinajstić information content (AvgIpc) is 3.12. The van der Waals surface area contributed by atoms with Gasteiger partial charge < -0.3 is 19.0 Å². The molecule has 0 atom stereocenters. The summed E-state index contributed by atoms with van der Waals surface area (Å²) in [6, 6.07) is 8.01. The van der Waals surface area contributed by atoms with E-state index in [1.54, 1.807) is 13.1 Å². The van der Waals surface area contributed by atoms with E-state index >= 15 is 0 Å². The van der Waals surface area contributed by atoms with Gasteiger partial charge in [0.05, 0.1) is 17.6 Å². The molecule has 1 aromatic carbocycles. The molecule has 0 aliphatic rings. The highest BCUT2D eigenvalue weighted by Crippen LogP contribution is 2.13. The van der Waals surface area contributed by atoms with E-state index in [1.807, 2.05) is 19.1 Å². The number of ether oxygens (including phenoxy) is 1. The van der Waals surface area contributed by atoms with E-state index in [1.165, 1.54) is 17.0 Å². The summed E-state index contributed by atoms with van der Waals surface area (Å²) < 4.78 is 24.0. The Morgan fingerprint density at radius 2 is 2.21 bits per heavy atom. The number of carbonyl (C=O) groups excluding carboxylic acids is 1. The zero-order valence-electron chi connectivity index (χ0n) is 13.5. The number of carbonyl (C=O) groups is 1. The van der Waals surface area contributed by atoms with Crippen LogP contribution < -0.4 is 0 Å². The van der Waals surface area contributed by atoms with E-state index in [9.17, 15) is 9.18 Å². The van der Waals surface area contributed by atoms with E-state index in [2.05, 4.69) is 9.97 Å². The summed E-state index contributed by atoms with van der Waals surface area (Å²) >= 11 is 0. The number of aromatic amines is 1. The lowest BCUT2D eigenvalue weighted by Gasteiger charge is -2.15. The molecule has 126 valence electrons. The van der Waals surface area contributed by atoms with Crippen molar-refractivity contribution in [2.24, 2.45) is 0 Å². The van der Waals surface area contributed by atoms with Crippen molar-refractivity contribution in [3.63, 3.8) is 0 Å². The first kappa shape index (κ1) is 16.2. The first-order valence-corrected chi connectivity index (χ1v) is 7.52. The number of fused-ring (bicyclic) bond motifs is 1. The number of nitrogens with zero attached hydrogens (tertiary/aromatic N) is 2. The van der Waals surface area contributed by atoms with Gasteiger partial charge in [0.2, 0.25) is 5.91 Å². The van der Waals surface area contributed by atoms with Crippen LogP contribution in [0.15, 0.2) is 34.7 Å². The van der Waals surface area contributed by atoms with Crippen LogP contribution in [-0.4, -0.2) is 34.4 Å². The summed E-state index contributed by atoms with van der Waals surface area (Å²) in [5, 5.41) is 0. The maximum Gasteiger partial charge on any atom is 0.248 e. The predicted molar refractivity (Wildman–Crippen MR) is 85.6 cm³/mol. The Balaban J connectivity index is 1.50. The van der Waals surface area contributed by atoms with Gasteiger partial charge in [-0.25, -0.2) is 9.37 Å². The Hall–Kier alpha value is -2.67. The normalized spacial score (nSPS) is 11.1. The van der Waals surface area contributed by atoms with Crippen molar-refractivity contribution in [2.45, 2.75) is 20.1 Å². The first-order valence-electron chi connectivity index (χ1n) is 7.52. The number of H-pyrrole nitrogens is 1. The smallest absolute Gasteiger partial charge is 0.248 e. The monoisotopic (exact) mass is 331 g/mol. The van der Waals surface area contributed by atoms with Gasteiger partial charge in [0.25, 0.3) is 0 Å². The second kappa shape index (κ2) is 6.84. The first-order chi connectivity index (χ1) is 11.5. The molecule has 0 bridgehead atoms. The Bertz CT molecular complexity index is 856. The van der Waals surface area contributed by atoms with Gasteiger partial charge >= 0.3 is 0 Å². The Morgan fingerprint density at radius 1 is 1.38 bits per heavy atom. The van der Waals surface area contributed by atoms with Crippen LogP contribution in [0.25, 0.3) is 11.0 Å². The van der Waals surface area contributed by atoms with E-state index < -0.39 is 0 Å². The number of amides is 1. The van der Waals surface area contributed by atoms with Gasteiger partial charge in [0, 0.05) is 7.05 Å². The topological polar surface area (TPSA) is 71.4 Å². The average molecular weight is 331 g/mol. The van der Waals surface area contributed by atoms with Crippen LogP contribution in [0, 0.1) is 12.7 Å². The van der Waals surface area contributed by atoms with Gasteiger partial charge in [-0.1, -0.05) is 0 Å². The van der Waals surface area contributed by atoms with Gasteiger partial charge in [0.1, 0.15) is 36.4 Å². The van der Waals surface area contributed by atoms with Crippen LogP contribution in [0.4, 0.5) is 4.39 Å². The highest BCUT2D eigenvalue weighted by atomic mass is 19.1. The molecule has 2 aromatic heterocycles. The fourth-order valence-corrected chi connectivity index (χ4v) is 2.34. The Morgan fingerprint density at radius 3 is 2.96 bits per heavy atom. The SMILES string of the molecule is Cc1ccc(CN(C)C(=O)COCc2nc3ccc(F)cc3[nH]2)o1. The number of benzene rings is 1. The number of likely N-dealkylation sites (N-methyl/N-ethyl adjacent to an activating group) is 1. The van der Waals surface area contributed by atoms with Crippen molar-refractivity contribution in [1.29, 1.82) is 0 Å². The van der Waals surface area contributed by atoms with Gasteiger partial charge in [-0.2, -0.15) is 0 Å². The number of furan rings is 1. The van der Waals surface area contributed by atoms with Crippen molar-refractivity contribution in [2.75, 3.05) is 13.7 Å². The van der Waals surface area contributed by atoms with Crippen molar-refractivity contribution < 1.29 is 18.3 Å². The minimum atomic E-state index is -0.330. The number of imidazole rings is 1. The van der Waals surface area contributed by atoms with Gasteiger partial charge in [-0.05, 0) is 37.3 Å². The number of hydrogen-bond acceptors (Lipinski definition) is 4. The maximum absolute atomic E-state index is 13.1. The zero-order chi connectivity index (χ0) is 17.1. The second-order valence-corrected chi connectivity index (χ2v) is 5.60. The minimum absolute atomic E-state index is 0.0679. The lowest BCUT2D eigenvalue weighted by molar-refractivity contribution is -0.136. The summed E-state index contributed by atoms with van der Waals surface area (Å²) in [5.41, 5.74) is 1.26. The molecule has 7 heteroatoms. The van der Waals surface area contributed by atoms with Crippen molar-refractivity contribution in [3.8, 4) is 0 Å². The van der Waals surface area contributed by atoms with E-state index in [0.717, 1.165) is 11.5 Å². The molecular formula is C17H18FN3O3. The summed E-state index contributed by atoms with van der Waals surface area (Å²) in [4.78, 5) is 20.8. The minimum Gasteiger partial charge on any atom is -0.464 e. The molecule has 0 saturated carbocycles. The molecule has 6 nitrogen and oxygen atoms in total. The zero-order valence-corrected chi connectivity index (χ0v) is 13.5. The van der Waals surface area contributed by atoms with Crippen LogP contribution in [0.5, 0.6) is 0 Å². The van der Waals surface area contributed by atoms with Crippen molar-refractivity contribution >= 4 is 16.9 Å². The molecule has 0 unspecified atom stereocenters.